The van der Waals surface area contributed by atoms with E-state index in [1.165, 1.54) is 45.2 Å². The molecule has 56 heavy (non-hydrogen) atoms. The average Bonchev–Trinajstić information content (AvgIpc) is 3.51. The molecule has 3 aromatic rings. The van der Waals surface area contributed by atoms with Crippen LogP contribution in [0, 0.1) is 5.82 Å². The number of carbonyl (C=O) groups is 5. The number of nitrogens with one attached hydrogen (secondary N) is 5. The van der Waals surface area contributed by atoms with Crippen molar-refractivity contribution >= 4 is 29.7 Å². The van der Waals surface area contributed by atoms with Crippen LogP contribution >= 0.6 is 0 Å². The van der Waals surface area contributed by atoms with Gasteiger partial charge < -0.3 is 52.0 Å². The van der Waals surface area contributed by atoms with Crippen molar-refractivity contribution in [2.75, 3.05) is 7.05 Å². The van der Waals surface area contributed by atoms with Crippen molar-refractivity contribution in [3.63, 3.8) is 0 Å². The summed E-state index contributed by atoms with van der Waals surface area (Å²) in [5, 5.41) is 39.5. The summed E-state index contributed by atoms with van der Waals surface area (Å²) < 4.78 is 19.9. The van der Waals surface area contributed by atoms with Crippen LogP contribution in [-0.4, -0.2) is 103 Å². The number of carboxylic acid groups (broad SMARTS) is 1. The van der Waals surface area contributed by atoms with Crippen molar-refractivity contribution in [3.05, 3.63) is 111 Å². The smallest absolute Gasteiger partial charge is 0.331 e. The molecule has 1 fully saturated rings. The van der Waals surface area contributed by atoms with Crippen LogP contribution in [0.25, 0.3) is 0 Å². The third kappa shape index (κ3) is 11.2. The molecule has 5 amide bonds. The number of aliphatic hydroxyl groups is 1. The Morgan fingerprint density at radius 2 is 1.71 bits per heavy atom. The van der Waals surface area contributed by atoms with Gasteiger partial charge in [0.25, 0.3) is 5.56 Å². The van der Waals surface area contributed by atoms with Gasteiger partial charge in [-0.2, -0.15) is 0 Å². The van der Waals surface area contributed by atoms with E-state index in [9.17, 15) is 53.3 Å². The molecule has 0 spiro atoms. The Bertz CT molecular complexity index is 2070. The first-order valence-electron chi connectivity index (χ1n) is 17.2. The largest absolute Gasteiger partial charge is 0.508 e. The monoisotopic (exact) mass is 782 g/mol. The van der Waals surface area contributed by atoms with Gasteiger partial charge >= 0.3 is 17.7 Å². The number of ether oxygens (including phenoxy) is 1. The van der Waals surface area contributed by atoms with E-state index in [2.05, 4.69) is 21.3 Å². The van der Waals surface area contributed by atoms with Crippen LogP contribution in [0.15, 0.2) is 82.3 Å². The highest BCUT2D eigenvalue weighted by Gasteiger charge is 2.36. The van der Waals surface area contributed by atoms with Crippen molar-refractivity contribution in [1.82, 2.24) is 35.7 Å². The lowest BCUT2D eigenvalue weighted by atomic mass is 10.0. The van der Waals surface area contributed by atoms with Gasteiger partial charge in [-0.3, -0.25) is 28.7 Å². The molecule has 2 heterocycles. The topological polar surface area (TPSA) is 288 Å². The third-order valence-electron chi connectivity index (χ3n) is 8.91. The summed E-state index contributed by atoms with van der Waals surface area (Å²) in [6, 6.07) is 4.55. The maximum Gasteiger partial charge on any atom is 0.331 e. The number of aliphatic hydroxyl groups excluding tert-OH is 1. The van der Waals surface area contributed by atoms with E-state index in [0.717, 1.165) is 40.1 Å². The van der Waals surface area contributed by atoms with Crippen LogP contribution in [0.2, 0.25) is 0 Å². The van der Waals surface area contributed by atoms with Gasteiger partial charge in [0, 0.05) is 38.4 Å². The summed E-state index contributed by atoms with van der Waals surface area (Å²) in [5.41, 5.74) is 5.67. The minimum atomic E-state index is -1.53. The van der Waals surface area contributed by atoms with Gasteiger partial charge in [0.05, 0.1) is 12.1 Å². The molecular formula is C36H43FN8O11. The number of amides is 5. The summed E-state index contributed by atoms with van der Waals surface area (Å²) in [7, 11) is 1.35. The number of aromatic amines is 1. The van der Waals surface area contributed by atoms with Crippen LogP contribution in [0.5, 0.6) is 5.75 Å². The quantitative estimate of drug-likeness (QED) is 0.0889. The van der Waals surface area contributed by atoms with Crippen molar-refractivity contribution < 1.29 is 48.4 Å². The number of likely N-dealkylation sites (N-methyl/N-ethyl adjacent to an activating group) is 1. The molecule has 7 atom stereocenters. The molecule has 0 aliphatic carbocycles. The van der Waals surface area contributed by atoms with Gasteiger partial charge in [0.2, 0.25) is 23.9 Å². The van der Waals surface area contributed by atoms with Crippen molar-refractivity contribution in [2.24, 2.45) is 5.73 Å². The highest BCUT2D eigenvalue weighted by molar-refractivity contribution is 5.93. The van der Waals surface area contributed by atoms with Gasteiger partial charge in [-0.25, -0.2) is 18.8 Å². The normalized spacial score (nSPS) is 18.4. The number of phenolic OH excluding ortho intramolecular Hbond substituents is 1. The SMILES string of the molecule is C[C@H](NC(=O)N[C@@H](Cc1ccc(F)cc1)C(=O)O)C(=O)N[C@H](C(=O)N/C=C1/C[C@@H](O)[C@H](n2ccc(=O)[nH]c2=O)O1)[C@H](C)N(C)C(=O)[C@@H](N)Cc1cccc(O)c1. The molecule has 4 rings (SSSR count). The Hall–Kier alpha value is -6.54. The van der Waals surface area contributed by atoms with Crippen LogP contribution in [-0.2, 0) is 36.8 Å². The first-order valence-corrected chi connectivity index (χ1v) is 17.2. The predicted molar refractivity (Wildman–Crippen MR) is 195 cm³/mol. The van der Waals surface area contributed by atoms with Gasteiger partial charge in [0.1, 0.15) is 41.6 Å². The van der Waals surface area contributed by atoms with Crippen molar-refractivity contribution in [2.45, 2.75) is 75.7 Å². The maximum absolute atomic E-state index is 13.7. The molecule has 20 heteroatoms. The lowest BCUT2D eigenvalue weighted by molar-refractivity contribution is -0.139. The average molecular weight is 783 g/mol. The predicted octanol–water partition coefficient (Wildman–Crippen LogP) is -1.10. The van der Waals surface area contributed by atoms with Gasteiger partial charge in [0.15, 0.2) is 0 Å². The Morgan fingerprint density at radius 1 is 1.02 bits per heavy atom. The number of phenols is 1. The minimum Gasteiger partial charge on any atom is -0.508 e. The van der Waals surface area contributed by atoms with E-state index in [4.69, 9.17) is 10.5 Å². The number of hydrogen-bond donors (Lipinski definition) is 9. The Kier molecular flexibility index (Phi) is 14.1. The molecule has 1 saturated heterocycles. The number of rotatable bonds is 15. The third-order valence-corrected chi connectivity index (χ3v) is 8.91. The number of aliphatic carboxylic acids is 1. The summed E-state index contributed by atoms with van der Waals surface area (Å²) >= 11 is 0. The molecule has 0 saturated carbocycles. The van der Waals surface area contributed by atoms with E-state index >= 15 is 0 Å². The molecule has 0 unspecified atom stereocenters. The lowest BCUT2D eigenvalue weighted by Gasteiger charge is -2.33. The molecule has 0 bridgehead atoms. The van der Waals surface area contributed by atoms with Crippen molar-refractivity contribution in [1.29, 1.82) is 0 Å². The lowest BCUT2D eigenvalue weighted by Crippen LogP contribution is -2.61. The number of benzene rings is 2. The molecule has 1 aliphatic heterocycles. The molecule has 1 aliphatic rings. The van der Waals surface area contributed by atoms with E-state index < -0.39 is 89.3 Å². The Labute approximate surface area is 318 Å². The Morgan fingerprint density at radius 3 is 2.36 bits per heavy atom. The number of nitrogens with two attached hydrogens (primary N) is 1. The van der Waals surface area contributed by atoms with Crippen LogP contribution in [0.1, 0.15) is 37.6 Å². The van der Waals surface area contributed by atoms with E-state index in [0.29, 0.717) is 11.1 Å². The van der Waals surface area contributed by atoms with E-state index in [1.807, 2.05) is 4.98 Å². The van der Waals surface area contributed by atoms with Gasteiger partial charge in [-0.05, 0) is 55.7 Å². The zero-order chi connectivity index (χ0) is 41.3. The first kappa shape index (κ1) is 42.2. The van der Waals surface area contributed by atoms with Crippen LogP contribution in [0.4, 0.5) is 9.18 Å². The van der Waals surface area contributed by atoms with Crippen LogP contribution in [0.3, 0.4) is 0 Å². The van der Waals surface area contributed by atoms with E-state index in [-0.39, 0.29) is 30.8 Å². The molecule has 2 aromatic carbocycles. The summed E-state index contributed by atoms with van der Waals surface area (Å²) in [4.78, 5) is 92.1. The highest BCUT2D eigenvalue weighted by Crippen LogP contribution is 2.29. The molecular weight excluding hydrogens is 739 g/mol. The molecule has 0 radical (unpaired) electrons. The first-order chi connectivity index (χ1) is 26.4. The van der Waals surface area contributed by atoms with Gasteiger partial charge in [-0.15, -0.1) is 0 Å². The van der Waals surface area contributed by atoms with Crippen molar-refractivity contribution in [3.8, 4) is 5.75 Å². The molecule has 10 N–H and O–H groups in total. The number of nitrogens with zero attached hydrogens (tertiary/aromatic N) is 2. The molecule has 1 aromatic heterocycles. The second-order valence-electron chi connectivity index (χ2n) is 13.1. The number of H-pyrrole nitrogens is 1. The number of carbonyl (C=O) groups excluding carboxylic acids is 4. The molecule has 19 nitrogen and oxygen atoms in total. The highest BCUT2D eigenvalue weighted by atomic mass is 19.1. The minimum absolute atomic E-state index is 0.0181. The number of aromatic hydroxyl groups is 1. The number of halogens is 1. The second-order valence-corrected chi connectivity index (χ2v) is 13.1. The van der Waals surface area contributed by atoms with E-state index in [1.54, 1.807) is 12.1 Å². The zero-order valence-electron chi connectivity index (χ0n) is 30.5. The fourth-order valence-electron chi connectivity index (χ4n) is 5.71. The Balaban J connectivity index is 1.48. The summed E-state index contributed by atoms with van der Waals surface area (Å²) in [5.74, 6) is -4.37. The van der Waals surface area contributed by atoms with Gasteiger partial charge in [-0.1, -0.05) is 24.3 Å². The fraction of sp³-hybridized carbons (Fsp3) is 0.361. The molecule has 300 valence electrons. The zero-order valence-corrected chi connectivity index (χ0v) is 30.5. The van der Waals surface area contributed by atoms with Crippen LogP contribution < -0.4 is 38.2 Å². The number of aromatic nitrogens is 2. The maximum atomic E-state index is 13.7. The number of carboxylic acids is 1. The summed E-state index contributed by atoms with van der Waals surface area (Å²) in [6.07, 6.45) is -0.634. The fourth-order valence-corrected chi connectivity index (χ4v) is 5.71. The standard InChI is InChI=1S/C36H43FN8O11/c1-18(40-35(54)41-26(34(52)53)15-20-7-9-22(37)10-8-20)30(49)43-29(19(2)44(3)32(51)25(38)14-21-5-4-6-23(46)13-21)31(50)39-17-24-16-27(47)33(56-24)45-12-11-28(48)42-36(45)55/h4-13,17-19,25-27,29,33,46-47H,14-16,38H2,1-3H3,(H,39,50)(H,43,49)(H,52,53)(H2,40,41,54)(H,42,48,55)/b24-17-/t18-,19-,25-,26-,27+,29-,33+/m0/s1. The second kappa shape index (κ2) is 18.7. The number of urea groups is 1. The summed E-state index contributed by atoms with van der Waals surface area (Å²) in [6.45, 7) is 2.71. The number of hydrogen-bond acceptors (Lipinski definition) is 11.